The number of ether oxygens (including phenoxy) is 1. The Balaban J connectivity index is 1.60. The molecule has 4 nitrogen and oxygen atoms in total. The summed E-state index contributed by atoms with van der Waals surface area (Å²) in [4.78, 5) is 4.43. The number of rotatable bonds is 8. The van der Waals surface area contributed by atoms with Crippen molar-refractivity contribution >= 4 is 0 Å². The van der Waals surface area contributed by atoms with Crippen molar-refractivity contribution in [1.82, 2.24) is 10.3 Å². The van der Waals surface area contributed by atoms with E-state index in [1.165, 1.54) is 5.56 Å². The van der Waals surface area contributed by atoms with Crippen molar-refractivity contribution in [3.05, 3.63) is 53.7 Å². The highest BCUT2D eigenvalue weighted by Gasteiger charge is 2.48. The van der Waals surface area contributed by atoms with Crippen LogP contribution in [0, 0.1) is 0 Å². The first-order valence-corrected chi connectivity index (χ1v) is 7.55. The van der Waals surface area contributed by atoms with Crippen molar-refractivity contribution < 1.29 is 9.15 Å². The standard InChI is InChI=1S/C17H22N2O2/c1-20-12-11-18-10-7-16-19-13-15(21-16)17(8-9-17)14-5-3-2-4-6-14/h2-6,13,18H,7-12H2,1H3. The Morgan fingerprint density at radius 2 is 2.05 bits per heavy atom. The summed E-state index contributed by atoms with van der Waals surface area (Å²) in [5.74, 6) is 1.83. The molecule has 1 aliphatic rings. The van der Waals surface area contributed by atoms with Crippen molar-refractivity contribution in [1.29, 1.82) is 0 Å². The summed E-state index contributed by atoms with van der Waals surface area (Å²) < 4.78 is 11.0. The van der Waals surface area contributed by atoms with Crippen LogP contribution in [0.3, 0.4) is 0 Å². The van der Waals surface area contributed by atoms with E-state index >= 15 is 0 Å². The molecule has 21 heavy (non-hydrogen) atoms. The van der Waals surface area contributed by atoms with Crippen LogP contribution in [0.25, 0.3) is 0 Å². The van der Waals surface area contributed by atoms with Gasteiger partial charge in [-0.25, -0.2) is 4.98 Å². The summed E-state index contributed by atoms with van der Waals surface area (Å²) in [5.41, 5.74) is 1.42. The lowest BCUT2D eigenvalue weighted by molar-refractivity contribution is 0.199. The predicted molar refractivity (Wildman–Crippen MR) is 81.4 cm³/mol. The molecule has 0 bridgehead atoms. The number of nitrogens with one attached hydrogen (secondary N) is 1. The molecule has 0 unspecified atom stereocenters. The van der Waals surface area contributed by atoms with E-state index in [9.17, 15) is 0 Å². The largest absolute Gasteiger partial charge is 0.445 e. The molecular formula is C17H22N2O2. The first-order chi connectivity index (χ1) is 10.3. The van der Waals surface area contributed by atoms with E-state index in [2.05, 4.69) is 40.6 Å². The molecule has 1 saturated carbocycles. The molecule has 112 valence electrons. The smallest absolute Gasteiger partial charge is 0.195 e. The van der Waals surface area contributed by atoms with E-state index in [4.69, 9.17) is 9.15 Å². The Kier molecular flexibility index (Phi) is 4.36. The normalized spacial score (nSPS) is 16.0. The third-order valence-electron chi connectivity index (χ3n) is 4.10. The van der Waals surface area contributed by atoms with E-state index in [0.29, 0.717) is 0 Å². The van der Waals surface area contributed by atoms with E-state index in [1.807, 2.05) is 6.20 Å². The Bertz CT molecular complexity index is 561. The lowest BCUT2D eigenvalue weighted by Crippen LogP contribution is -2.21. The van der Waals surface area contributed by atoms with Gasteiger partial charge in [-0.2, -0.15) is 0 Å². The van der Waals surface area contributed by atoms with Crippen molar-refractivity contribution in [2.75, 3.05) is 26.8 Å². The van der Waals surface area contributed by atoms with Crippen LogP contribution in [0.5, 0.6) is 0 Å². The molecule has 0 radical (unpaired) electrons. The Labute approximate surface area is 125 Å². The first kappa shape index (κ1) is 14.3. The van der Waals surface area contributed by atoms with E-state index in [1.54, 1.807) is 7.11 Å². The zero-order valence-electron chi connectivity index (χ0n) is 12.5. The molecule has 1 aromatic heterocycles. The molecule has 1 heterocycles. The van der Waals surface area contributed by atoms with Gasteiger partial charge in [0.2, 0.25) is 0 Å². The number of hydrogen-bond donors (Lipinski definition) is 1. The summed E-state index contributed by atoms with van der Waals surface area (Å²) in [7, 11) is 1.71. The Morgan fingerprint density at radius 1 is 1.24 bits per heavy atom. The third kappa shape index (κ3) is 3.17. The van der Waals surface area contributed by atoms with Gasteiger partial charge in [0.15, 0.2) is 5.89 Å². The molecule has 3 rings (SSSR count). The maximum Gasteiger partial charge on any atom is 0.195 e. The highest BCUT2D eigenvalue weighted by Crippen LogP contribution is 2.53. The fourth-order valence-corrected chi connectivity index (χ4v) is 2.70. The average molecular weight is 286 g/mol. The van der Waals surface area contributed by atoms with Crippen LogP contribution in [-0.4, -0.2) is 31.8 Å². The summed E-state index contributed by atoms with van der Waals surface area (Å²) >= 11 is 0. The van der Waals surface area contributed by atoms with Crippen LogP contribution in [0.2, 0.25) is 0 Å². The number of aromatic nitrogens is 1. The monoisotopic (exact) mass is 286 g/mol. The van der Waals surface area contributed by atoms with Gasteiger partial charge in [0.1, 0.15) is 5.76 Å². The molecule has 2 aromatic rings. The number of benzene rings is 1. The third-order valence-corrected chi connectivity index (χ3v) is 4.10. The van der Waals surface area contributed by atoms with E-state index in [0.717, 1.165) is 50.6 Å². The van der Waals surface area contributed by atoms with Crippen molar-refractivity contribution in [2.45, 2.75) is 24.7 Å². The van der Waals surface area contributed by atoms with E-state index in [-0.39, 0.29) is 5.41 Å². The van der Waals surface area contributed by atoms with Gasteiger partial charge in [-0.15, -0.1) is 0 Å². The van der Waals surface area contributed by atoms with Gasteiger partial charge in [0.05, 0.1) is 18.2 Å². The SMILES string of the molecule is COCCNCCc1ncc(C2(c3ccccc3)CC2)o1. The van der Waals surface area contributed by atoms with Gasteiger partial charge < -0.3 is 14.5 Å². The van der Waals surface area contributed by atoms with Crippen LogP contribution >= 0.6 is 0 Å². The topological polar surface area (TPSA) is 47.3 Å². The van der Waals surface area contributed by atoms with Crippen LogP contribution in [-0.2, 0) is 16.6 Å². The molecule has 0 aliphatic heterocycles. The fraction of sp³-hybridized carbons (Fsp3) is 0.471. The number of nitrogens with zero attached hydrogens (tertiary/aromatic N) is 1. The van der Waals surface area contributed by atoms with Crippen molar-refractivity contribution in [2.24, 2.45) is 0 Å². The first-order valence-electron chi connectivity index (χ1n) is 7.55. The zero-order valence-corrected chi connectivity index (χ0v) is 12.5. The molecule has 0 saturated heterocycles. The lowest BCUT2D eigenvalue weighted by Gasteiger charge is -2.11. The number of oxazole rings is 1. The summed E-state index contributed by atoms with van der Waals surface area (Å²) in [6.45, 7) is 2.45. The summed E-state index contributed by atoms with van der Waals surface area (Å²) in [6.07, 6.45) is 5.02. The molecule has 1 fully saturated rings. The maximum atomic E-state index is 5.99. The van der Waals surface area contributed by atoms with Crippen LogP contribution in [0.15, 0.2) is 40.9 Å². The molecule has 0 amide bonds. The molecule has 1 N–H and O–H groups in total. The fourth-order valence-electron chi connectivity index (χ4n) is 2.70. The van der Waals surface area contributed by atoms with Gasteiger partial charge in [0.25, 0.3) is 0 Å². The van der Waals surface area contributed by atoms with Crippen molar-refractivity contribution in [3.8, 4) is 0 Å². The zero-order chi connectivity index (χ0) is 14.5. The number of hydrogen-bond acceptors (Lipinski definition) is 4. The molecule has 4 heteroatoms. The second kappa shape index (κ2) is 6.41. The Morgan fingerprint density at radius 3 is 2.76 bits per heavy atom. The minimum absolute atomic E-state index is 0.0794. The molecular weight excluding hydrogens is 264 g/mol. The highest BCUT2D eigenvalue weighted by atomic mass is 16.5. The Hall–Kier alpha value is -1.65. The maximum absolute atomic E-state index is 5.99. The van der Waals surface area contributed by atoms with Gasteiger partial charge in [-0.3, -0.25) is 0 Å². The second-order valence-electron chi connectivity index (χ2n) is 5.56. The van der Waals surface area contributed by atoms with Gasteiger partial charge in [-0.05, 0) is 18.4 Å². The van der Waals surface area contributed by atoms with E-state index < -0.39 is 0 Å². The van der Waals surface area contributed by atoms with Crippen LogP contribution in [0.4, 0.5) is 0 Å². The molecule has 1 aliphatic carbocycles. The average Bonchev–Trinajstić information content (AvgIpc) is 3.21. The minimum Gasteiger partial charge on any atom is -0.445 e. The summed E-state index contributed by atoms with van der Waals surface area (Å²) in [5, 5.41) is 3.31. The second-order valence-corrected chi connectivity index (χ2v) is 5.56. The van der Waals surface area contributed by atoms with Crippen LogP contribution in [0.1, 0.15) is 30.1 Å². The van der Waals surface area contributed by atoms with Crippen molar-refractivity contribution in [3.63, 3.8) is 0 Å². The predicted octanol–water partition coefficient (Wildman–Crippen LogP) is 2.53. The summed E-state index contributed by atoms with van der Waals surface area (Å²) in [6, 6.07) is 10.6. The molecule has 1 aromatic carbocycles. The number of methoxy groups -OCH3 is 1. The lowest BCUT2D eigenvalue weighted by atomic mass is 9.94. The van der Waals surface area contributed by atoms with Gasteiger partial charge in [0, 0.05) is 26.6 Å². The highest BCUT2D eigenvalue weighted by molar-refractivity contribution is 5.39. The van der Waals surface area contributed by atoms with Crippen LogP contribution < -0.4 is 5.32 Å². The van der Waals surface area contributed by atoms with Gasteiger partial charge >= 0.3 is 0 Å². The van der Waals surface area contributed by atoms with Gasteiger partial charge in [-0.1, -0.05) is 30.3 Å². The molecule has 0 atom stereocenters. The quantitative estimate of drug-likeness (QED) is 0.758. The molecule has 0 spiro atoms. The minimum atomic E-state index is 0.0794.